The average Bonchev–Trinajstić information content (AvgIpc) is 2.15. The Labute approximate surface area is 78.8 Å². The van der Waals surface area contributed by atoms with Crippen molar-refractivity contribution in [2.75, 3.05) is 6.61 Å². The van der Waals surface area contributed by atoms with E-state index in [1.165, 1.54) is 0 Å². The van der Waals surface area contributed by atoms with Crippen LogP contribution in [0.2, 0.25) is 0 Å². The topological polar surface area (TPSA) is 80.9 Å². The van der Waals surface area contributed by atoms with E-state index in [-0.39, 0.29) is 6.61 Å². The van der Waals surface area contributed by atoms with Crippen molar-refractivity contribution in [1.29, 1.82) is 0 Å². The minimum Gasteiger partial charge on any atom is -0.394 e. The molecule has 13 heavy (non-hydrogen) atoms. The molecule has 80 valence electrons. The molecule has 4 heteroatoms. The maximum Gasteiger partial charge on any atom is 0.0799 e. The van der Waals surface area contributed by atoms with E-state index in [1.54, 1.807) is 6.92 Å². The van der Waals surface area contributed by atoms with Crippen molar-refractivity contribution in [2.24, 2.45) is 0 Å². The van der Waals surface area contributed by atoms with Gasteiger partial charge in [-0.2, -0.15) is 0 Å². The van der Waals surface area contributed by atoms with Crippen molar-refractivity contribution >= 4 is 0 Å². The Bertz CT molecular complexity index is 118. The normalized spacial score (nSPS) is 18.2. The predicted molar refractivity (Wildman–Crippen MR) is 49.2 cm³/mol. The summed E-state index contributed by atoms with van der Waals surface area (Å²) in [6, 6.07) is 0. The van der Waals surface area contributed by atoms with Gasteiger partial charge in [-0.15, -0.1) is 0 Å². The van der Waals surface area contributed by atoms with Crippen LogP contribution in [-0.2, 0) is 0 Å². The molecule has 0 radical (unpaired) electrons. The summed E-state index contributed by atoms with van der Waals surface area (Å²) >= 11 is 0. The summed E-state index contributed by atoms with van der Waals surface area (Å²) in [5.41, 5.74) is 0. The van der Waals surface area contributed by atoms with Gasteiger partial charge in [-0.3, -0.25) is 0 Å². The van der Waals surface area contributed by atoms with Gasteiger partial charge in [0, 0.05) is 0 Å². The molecule has 0 aliphatic carbocycles. The van der Waals surface area contributed by atoms with E-state index in [2.05, 4.69) is 0 Å². The zero-order valence-corrected chi connectivity index (χ0v) is 8.06. The molecule has 0 amide bonds. The number of aliphatic hydroxyl groups excluding tert-OH is 4. The Hall–Kier alpha value is -0.160. The van der Waals surface area contributed by atoms with Gasteiger partial charge >= 0.3 is 0 Å². The third-order valence-corrected chi connectivity index (χ3v) is 2.11. The summed E-state index contributed by atoms with van der Waals surface area (Å²) in [6.07, 6.45) is -0.0205. The quantitative estimate of drug-likeness (QED) is 0.444. The number of aliphatic hydroxyl groups is 4. The molecule has 0 spiro atoms. The van der Waals surface area contributed by atoms with Gasteiger partial charge in [0.15, 0.2) is 0 Å². The van der Waals surface area contributed by atoms with Gasteiger partial charge in [-0.1, -0.05) is 6.92 Å². The standard InChI is InChI=1S/C9H20O4/c1-2-8(12)9(13)5-3-4-7(11)6-10/h7-13H,2-6H2,1H3. The van der Waals surface area contributed by atoms with Crippen LogP contribution in [0.5, 0.6) is 0 Å². The summed E-state index contributed by atoms with van der Waals surface area (Å²) in [5.74, 6) is 0. The van der Waals surface area contributed by atoms with E-state index in [0.717, 1.165) is 0 Å². The molecule has 0 aliphatic heterocycles. The van der Waals surface area contributed by atoms with Crippen LogP contribution in [0.1, 0.15) is 32.6 Å². The maximum atomic E-state index is 9.31. The Morgan fingerprint density at radius 1 is 1.00 bits per heavy atom. The molecule has 3 unspecified atom stereocenters. The van der Waals surface area contributed by atoms with Crippen LogP contribution in [-0.4, -0.2) is 45.3 Å². The lowest BCUT2D eigenvalue weighted by Crippen LogP contribution is -2.25. The number of hydrogen-bond donors (Lipinski definition) is 4. The van der Waals surface area contributed by atoms with Gasteiger partial charge in [-0.05, 0) is 25.7 Å². The minimum absolute atomic E-state index is 0.244. The average molecular weight is 192 g/mol. The van der Waals surface area contributed by atoms with Crippen LogP contribution < -0.4 is 0 Å². The molecule has 3 atom stereocenters. The van der Waals surface area contributed by atoms with E-state index in [9.17, 15) is 10.2 Å². The summed E-state index contributed by atoms with van der Waals surface area (Å²) < 4.78 is 0. The highest BCUT2D eigenvalue weighted by atomic mass is 16.3. The van der Waals surface area contributed by atoms with Gasteiger partial charge in [0.05, 0.1) is 24.9 Å². The van der Waals surface area contributed by atoms with Gasteiger partial charge in [-0.25, -0.2) is 0 Å². The first-order valence-corrected chi connectivity index (χ1v) is 4.76. The van der Waals surface area contributed by atoms with Crippen molar-refractivity contribution < 1.29 is 20.4 Å². The Kier molecular flexibility index (Phi) is 7.17. The molecule has 0 aromatic carbocycles. The van der Waals surface area contributed by atoms with E-state index in [1.807, 2.05) is 0 Å². The SMILES string of the molecule is CCC(O)C(O)CCCC(O)CO. The Balaban J connectivity index is 3.41. The third-order valence-electron chi connectivity index (χ3n) is 2.11. The zero-order chi connectivity index (χ0) is 10.3. The van der Waals surface area contributed by atoms with Crippen molar-refractivity contribution in [3.63, 3.8) is 0 Å². The van der Waals surface area contributed by atoms with Crippen molar-refractivity contribution in [3.05, 3.63) is 0 Å². The van der Waals surface area contributed by atoms with Gasteiger partial charge in [0.2, 0.25) is 0 Å². The molecular weight excluding hydrogens is 172 g/mol. The molecule has 0 aromatic heterocycles. The minimum atomic E-state index is -0.712. The number of rotatable bonds is 7. The van der Waals surface area contributed by atoms with Crippen molar-refractivity contribution in [3.8, 4) is 0 Å². The highest BCUT2D eigenvalue weighted by molar-refractivity contribution is 4.66. The first kappa shape index (κ1) is 12.8. The molecule has 0 bridgehead atoms. The highest BCUT2D eigenvalue weighted by Crippen LogP contribution is 2.08. The van der Waals surface area contributed by atoms with Crippen molar-refractivity contribution in [2.45, 2.75) is 50.9 Å². The first-order valence-electron chi connectivity index (χ1n) is 4.76. The second-order valence-electron chi connectivity index (χ2n) is 3.31. The molecule has 0 saturated carbocycles. The van der Waals surface area contributed by atoms with E-state index < -0.39 is 18.3 Å². The summed E-state index contributed by atoms with van der Waals surface area (Å²) in [4.78, 5) is 0. The molecule has 0 fully saturated rings. The van der Waals surface area contributed by atoms with Crippen LogP contribution in [0.4, 0.5) is 0 Å². The van der Waals surface area contributed by atoms with Gasteiger partial charge < -0.3 is 20.4 Å². The Morgan fingerprint density at radius 3 is 2.08 bits per heavy atom. The summed E-state index contributed by atoms with van der Waals surface area (Å²) in [6.45, 7) is 1.56. The van der Waals surface area contributed by atoms with Crippen molar-refractivity contribution in [1.82, 2.24) is 0 Å². The van der Waals surface area contributed by atoms with Crippen LogP contribution in [0.15, 0.2) is 0 Å². The molecule has 0 saturated heterocycles. The van der Waals surface area contributed by atoms with Crippen LogP contribution >= 0.6 is 0 Å². The monoisotopic (exact) mass is 192 g/mol. The molecule has 4 N–H and O–H groups in total. The lowest BCUT2D eigenvalue weighted by molar-refractivity contribution is 0.00778. The summed E-state index contributed by atoms with van der Waals surface area (Å²) in [7, 11) is 0. The third kappa shape index (κ3) is 5.99. The molecule has 0 aliphatic rings. The van der Waals surface area contributed by atoms with E-state index in [0.29, 0.717) is 25.7 Å². The molecule has 0 rings (SSSR count). The van der Waals surface area contributed by atoms with E-state index in [4.69, 9.17) is 10.2 Å². The second-order valence-corrected chi connectivity index (χ2v) is 3.31. The maximum absolute atomic E-state index is 9.31. The molecular formula is C9H20O4. The highest BCUT2D eigenvalue weighted by Gasteiger charge is 2.13. The van der Waals surface area contributed by atoms with Crippen LogP contribution in [0.3, 0.4) is 0 Å². The number of hydrogen-bond acceptors (Lipinski definition) is 4. The fourth-order valence-corrected chi connectivity index (χ4v) is 1.12. The first-order chi connectivity index (χ1) is 6.11. The van der Waals surface area contributed by atoms with Crippen LogP contribution in [0.25, 0.3) is 0 Å². The fraction of sp³-hybridized carbons (Fsp3) is 1.00. The fourth-order valence-electron chi connectivity index (χ4n) is 1.12. The molecule has 4 nitrogen and oxygen atoms in total. The smallest absolute Gasteiger partial charge is 0.0799 e. The van der Waals surface area contributed by atoms with E-state index >= 15 is 0 Å². The lowest BCUT2D eigenvalue weighted by atomic mass is 10.0. The van der Waals surface area contributed by atoms with Crippen LogP contribution in [0, 0.1) is 0 Å². The Morgan fingerprint density at radius 2 is 1.62 bits per heavy atom. The largest absolute Gasteiger partial charge is 0.394 e. The predicted octanol–water partition coefficient (Wildman–Crippen LogP) is -0.358. The molecule has 0 heterocycles. The zero-order valence-electron chi connectivity index (χ0n) is 8.06. The second kappa shape index (κ2) is 7.26. The summed E-state index contributed by atoms with van der Waals surface area (Å²) in [5, 5.41) is 36.0. The molecule has 0 aromatic rings. The van der Waals surface area contributed by atoms with Gasteiger partial charge in [0.1, 0.15) is 0 Å². The lowest BCUT2D eigenvalue weighted by Gasteiger charge is -2.16. The van der Waals surface area contributed by atoms with Gasteiger partial charge in [0.25, 0.3) is 0 Å².